The zero-order valence-electron chi connectivity index (χ0n) is 16.0. The molecule has 1 aliphatic rings. The summed E-state index contributed by atoms with van der Waals surface area (Å²) < 4.78 is 3.74. The topological polar surface area (TPSA) is 52.7 Å². The van der Waals surface area contributed by atoms with Crippen molar-refractivity contribution in [2.45, 2.75) is 47.0 Å². The Kier molecular flexibility index (Phi) is 4.50. The van der Waals surface area contributed by atoms with E-state index in [1.807, 2.05) is 63.3 Å². The lowest BCUT2D eigenvalue weighted by molar-refractivity contribution is -0.112. The number of aryl methyl sites for hydroxylation is 4. The number of carbonyl (C=O) groups excluding carboxylic acids is 1. The van der Waals surface area contributed by atoms with Gasteiger partial charge >= 0.3 is 0 Å². The number of allylic oxidation sites excluding steroid dienone is 2. The molecule has 1 saturated carbocycles. The van der Waals surface area contributed by atoms with Crippen LogP contribution in [-0.4, -0.2) is 25.3 Å². The van der Waals surface area contributed by atoms with E-state index in [0.29, 0.717) is 0 Å². The van der Waals surface area contributed by atoms with Crippen molar-refractivity contribution >= 4 is 17.9 Å². The number of carbonyl (C=O) groups is 1. The standard InChI is InChI=1S/C20H26N4O/c1-12-18(14(3)23(5)21-12)10-16-8-7-9-17(20(16)25)11-19-13(2)22-24(6)15(19)4/h10-11H,7-9H2,1-6H3/b16-10-,17-11+. The number of rotatable bonds is 2. The molecule has 2 aromatic rings. The lowest BCUT2D eigenvalue weighted by atomic mass is 9.86. The van der Waals surface area contributed by atoms with Crippen molar-refractivity contribution in [3.63, 3.8) is 0 Å². The van der Waals surface area contributed by atoms with E-state index >= 15 is 0 Å². The molecule has 0 radical (unpaired) electrons. The van der Waals surface area contributed by atoms with E-state index in [2.05, 4.69) is 10.2 Å². The van der Waals surface area contributed by atoms with Crippen LogP contribution in [0.2, 0.25) is 0 Å². The van der Waals surface area contributed by atoms with Gasteiger partial charge in [0.2, 0.25) is 0 Å². The SMILES string of the molecule is Cc1nn(C)c(C)c1/C=C1/CCC/C(=C\c2c(C)nn(C)c2C)C1=O. The maximum Gasteiger partial charge on any atom is 0.185 e. The second-order valence-electron chi connectivity index (χ2n) is 6.94. The van der Waals surface area contributed by atoms with E-state index in [-0.39, 0.29) is 5.78 Å². The molecule has 0 spiro atoms. The van der Waals surface area contributed by atoms with Crippen LogP contribution in [0.4, 0.5) is 0 Å². The van der Waals surface area contributed by atoms with Gasteiger partial charge in [0.05, 0.1) is 11.4 Å². The smallest absolute Gasteiger partial charge is 0.185 e. The van der Waals surface area contributed by atoms with Gasteiger partial charge in [-0.15, -0.1) is 0 Å². The minimum Gasteiger partial charge on any atom is -0.289 e. The zero-order chi connectivity index (χ0) is 18.3. The summed E-state index contributed by atoms with van der Waals surface area (Å²) in [5.74, 6) is 0.163. The van der Waals surface area contributed by atoms with Gasteiger partial charge in [0.25, 0.3) is 0 Å². The Labute approximate surface area is 149 Å². The molecule has 0 unspecified atom stereocenters. The van der Waals surface area contributed by atoms with Crippen LogP contribution in [0.25, 0.3) is 12.2 Å². The van der Waals surface area contributed by atoms with Crippen molar-refractivity contribution < 1.29 is 4.79 Å². The lowest BCUT2D eigenvalue weighted by Gasteiger charge is -2.16. The summed E-state index contributed by atoms with van der Waals surface area (Å²) in [6, 6.07) is 0. The normalized spacial score (nSPS) is 18.6. The van der Waals surface area contributed by atoms with Gasteiger partial charge in [0.1, 0.15) is 0 Å². The summed E-state index contributed by atoms with van der Waals surface area (Å²) in [7, 11) is 3.87. The van der Waals surface area contributed by atoms with Gasteiger partial charge in [-0.3, -0.25) is 14.2 Å². The summed E-state index contributed by atoms with van der Waals surface area (Å²) in [5.41, 5.74) is 8.03. The summed E-state index contributed by atoms with van der Waals surface area (Å²) in [5, 5.41) is 8.90. The summed E-state index contributed by atoms with van der Waals surface area (Å²) in [4.78, 5) is 13.0. The van der Waals surface area contributed by atoms with Crippen LogP contribution >= 0.6 is 0 Å². The molecule has 0 aliphatic heterocycles. The van der Waals surface area contributed by atoms with Gasteiger partial charge in [0.15, 0.2) is 5.78 Å². The Bertz CT molecular complexity index is 837. The van der Waals surface area contributed by atoms with Gasteiger partial charge < -0.3 is 0 Å². The average Bonchev–Trinajstić information content (AvgIpc) is 2.94. The summed E-state index contributed by atoms with van der Waals surface area (Å²) in [6.45, 7) is 8.06. The largest absolute Gasteiger partial charge is 0.289 e. The quantitative estimate of drug-likeness (QED) is 0.786. The molecule has 2 heterocycles. The second-order valence-corrected chi connectivity index (χ2v) is 6.94. The molecule has 5 nitrogen and oxygen atoms in total. The molecule has 25 heavy (non-hydrogen) atoms. The van der Waals surface area contributed by atoms with Crippen molar-refractivity contribution in [2.24, 2.45) is 14.1 Å². The number of nitrogens with zero attached hydrogens (tertiary/aromatic N) is 4. The zero-order valence-corrected chi connectivity index (χ0v) is 16.0. The maximum atomic E-state index is 13.0. The van der Waals surface area contributed by atoms with E-state index in [1.54, 1.807) is 0 Å². The predicted octanol–water partition coefficient (Wildman–Crippen LogP) is 3.61. The van der Waals surface area contributed by atoms with Crippen LogP contribution in [0.1, 0.15) is 53.2 Å². The van der Waals surface area contributed by atoms with Gasteiger partial charge in [-0.1, -0.05) is 0 Å². The number of Topliss-reactive ketones (excluding diaryl/α,β-unsaturated/α-hetero) is 1. The molecule has 0 saturated heterocycles. The molecule has 0 N–H and O–H groups in total. The molecule has 0 atom stereocenters. The fourth-order valence-corrected chi connectivity index (χ4v) is 3.52. The molecule has 0 amide bonds. The van der Waals surface area contributed by atoms with Crippen molar-refractivity contribution in [3.05, 3.63) is 45.0 Å². The van der Waals surface area contributed by atoms with Crippen molar-refractivity contribution in [2.75, 3.05) is 0 Å². The predicted molar refractivity (Wildman–Crippen MR) is 100 cm³/mol. The monoisotopic (exact) mass is 338 g/mol. The van der Waals surface area contributed by atoms with Crippen LogP contribution in [0.3, 0.4) is 0 Å². The van der Waals surface area contributed by atoms with Crippen LogP contribution in [0.15, 0.2) is 11.1 Å². The Morgan fingerprint density at radius 1 is 0.800 bits per heavy atom. The first kappa shape index (κ1) is 17.4. The molecule has 1 fully saturated rings. The molecular formula is C20H26N4O. The first-order chi connectivity index (χ1) is 11.8. The minimum absolute atomic E-state index is 0.163. The highest BCUT2D eigenvalue weighted by atomic mass is 16.1. The van der Waals surface area contributed by atoms with E-state index in [9.17, 15) is 4.79 Å². The Morgan fingerprint density at radius 3 is 1.52 bits per heavy atom. The van der Waals surface area contributed by atoms with E-state index in [0.717, 1.165) is 64.3 Å². The first-order valence-corrected chi connectivity index (χ1v) is 8.75. The number of ketones is 1. The third kappa shape index (κ3) is 3.11. The van der Waals surface area contributed by atoms with Crippen LogP contribution < -0.4 is 0 Å². The Hall–Kier alpha value is -2.43. The maximum absolute atomic E-state index is 13.0. The van der Waals surface area contributed by atoms with Gasteiger partial charge in [-0.05, 0) is 59.1 Å². The second kappa shape index (κ2) is 6.47. The Morgan fingerprint density at radius 2 is 1.20 bits per heavy atom. The highest BCUT2D eigenvalue weighted by molar-refractivity contribution is 6.14. The van der Waals surface area contributed by atoms with Crippen LogP contribution in [0.5, 0.6) is 0 Å². The van der Waals surface area contributed by atoms with Gasteiger partial charge in [-0.25, -0.2) is 0 Å². The lowest BCUT2D eigenvalue weighted by Crippen LogP contribution is -2.12. The number of hydrogen-bond acceptors (Lipinski definition) is 3. The van der Waals surface area contributed by atoms with Crippen LogP contribution in [0, 0.1) is 27.7 Å². The van der Waals surface area contributed by atoms with Gasteiger partial charge in [0, 0.05) is 47.8 Å². The fourth-order valence-electron chi connectivity index (χ4n) is 3.52. The molecule has 2 aromatic heterocycles. The minimum atomic E-state index is 0.163. The third-order valence-corrected chi connectivity index (χ3v) is 5.24. The highest BCUT2D eigenvalue weighted by Crippen LogP contribution is 2.30. The van der Waals surface area contributed by atoms with Crippen molar-refractivity contribution in [1.82, 2.24) is 19.6 Å². The number of aromatic nitrogens is 4. The van der Waals surface area contributed by atoms with Gasteiger partial charge in [-0.2, -0.15) is 10.2 Å². The van der Waals surface area contributed by atoms with E-state index in [4.69, 9.17) is 0 Å². The third-order valence-electron chi connectivity index (χ3n) is 5.24. The van der Waals surface area contributed by atoms with Crippen LogP contribution in [-0.2, 0) is 18.9 Å². The molecule has 1 aliphatic carbocycles. The van der Waals surface area contributed by atoms with E-state index < -0.39 is 0 Å². The molecule has 132 valence electrons. The summed E-state index contributed by atoms with van der Waals surface area (Å²) >= 11 is 0. The molecule has 3 rings (SSSR count). The first-order valence-electron chi connectivity index (χ1n) is 8.75. The summed E-state index contributed by atoms with van der Waals surface area (Å²) in [6.07, 6.45) is 6.73. The van der Waals surface area contributed by atoms with Crippen molar-refractivity contribution in [1.29, 1.82) is 0 Å². The molecule has 0 bridgehead atoms. The fraction of sp³-hybridized carbons (Fsp3) is 0.450. The molecular weight excluding hydrogens is 312 g/mol. The molecule has 5 heteroatoms. The Balaban J connectivity index is 1.99. The highest BCUT2D eigenvalue weighted by Gasteiger charge is 2.22. The van der Waals surface area contributed by atoms with Crippen molar-refractivity contribution in [3.8, 4) is 0 Å². The molecule has 0 aromatic carbocycles. The van der Waals surface area contributed by atoms with E-state index in [1.165, 1.54) is 0 Å². The number of hydrogen-bond donors (Lipinski definition) is 0. The average molecular weight is 338 g/mol.